The van der Waals surface area contributed by atoms with Crippen molar-refractivity contribution in [2.75, 3.05) is 5.32 Å². The Morgan fingerprint density at radius 2 is 2.00 bits per heavy atom. The molecule has 0 amide bonds. The molecule has 4 nitrogen and oxygen atoms in total. The van der Waals surface area contributed by atoms with Gasteiger partial charge in [0.25, 0.3) is 0 Å². The average Bonchev–Trinajstić information content (AvgIpc) is 2.65. The van der Waals surface area contributed by atoms with Crippen LogP contribution in [0.1, 0.15) is 29.7 Å². The van der Waals surface area contributed by atoms with E-state index in [0.29, 0.717) is 0 Å². The van der Waals surface area contributed by atoms with Crippen molar-refractivity contribution < 1.29 is 9.90 Å². The van der Waals surface area contributed by atoms with Crippen molar-refractivity contribution in [3.05, 3.63) is 83.7 Å². The van der Waals surface area contributed by atoms with E-state index >= 15 is 0 Å². The van der Waals surface area contributed by atoms with E-state index in [0.717, 1.165) is 22.5 Å². The quantitative estimate of drug-likeness (QED) is 0.902. The number of allylic oxidation sites excluding steroid dienone is 2. The number of hydrogen-bond acceptors (Lipinski definition) is 4. The highest BCUT2D eigenvalue weighted by Crippen LogP contribution is 2.41. The first-order valence-corrected chi connectivity index (χ1v) is 8.78. The zero-order valence-electron chi connectivity index (χ0n) is 15.3. The number of nitrogens with zero attached hydrogens (tertiary/aromatic N) is 1. The standard InChI is InChI=1S/C22H24N2O2/c1-15-9-8-12-19(16(15)2)24-22(13-6-4-10-18(22)21(25)26)17(3)20-11-5-7-14-23-20/h4-14,17-18,24H,1-3H3,(H,25,26)/p-1. The van der Waals surface area contributed by atoms with E-state index in [4.69, 9.17) is 0 Å². The maximum absolute atomic E-state index is 12.0. The Balaban J connectivity index is 2.13. The first-order chi connectivity index (χ1) is 12.5. The maximum atomic E-state index is 12.0. The lowest BCUT2D eigenvalue weighted by Gasteiger charge is -2.45. The molecule has 0 saturated carbocycles. The minimum atomic E-state index is -1.11. The molecule has 4 heteroatoms. The number of carboxylic acid groups (broad SMARTS) is 1. The number of aryl methyl sites for hydroxylation is 1. The Kier molecular flexibility index (Phi) is 4.94. The van der Waals surface area contributed by atoms with Crippen LogP contribution in [0.4, 0.5) is 5.69 Å². The molecular formula is C22H23N2O2-. The van der Waals surface area contributed by atoms with Crippen molar-refractivity contribution in [2.45, 2.75) is 32.2 Å². The van der Waals surface area contributed by atoms with Crippen LogP contribution in [0.15, 0.2) is 66.9 Å². The molecule has 1 aliphatic rings. The van der Waals surface area contributed by atoms with Crippen molar-refractivity contribution in [3.8, 4) is 0 Å². The third-order valence-electron chi connectivity index (χ3n) is 5.36. The molecule has 0 spiro atoms. The highest BCUT2D eigenvalue weighted by Gasteiger charge is 2.43. The Labute approximate surface area is 154 Å². The molecule has 0 radical (unpaired) electrons. The van der Waals surface area contributed by atoms with Gasteiger partial charge in [0.15, 0.2) is 0 Å². The number of pyridine rings is 1. The van der Waals surface area contributed by atoms with Crippen molar-refractivity contribution in [2.24, 2.45) is 5.92 Å². The number of nitrogens with one attached hydrogen (secondary N) is 1. The number of aromatic nitrogens is 1. The molecule has 3 unspecified atom stereocenters. The van der Waals surface area contributed by atoms with Gasteiger partial charge in [-0.3, -0.25) is 4.98 Å². The van der Waals surface area contributed by atoms with Crippen LogP contribution in [-0.4, -0.2) is 16.5 Å². The highest BCUT2D eigenvalue weighted by molar-refractivity contribution is 5.76. The van der Waals surface area contributed by atoms with Crippen molar-refractivity contribution in [3.63, 3.8) is 0 Å². The molecule has 134 valence electrons. The molecule has 2 aromatic rings. The first-order valence-electron chi connectivity index (χ1n) is 8.78. The fraction of sp³-hybridized carbons (Fsp3) is 0.273. The van der Waals surface area contributed by atoms with Crippen LogP contribution in [0, 0.1) is 19.8 Å². The molecular weight excluding hydrogens is 324 g/mol. The van der Waals surface area contributed by atoms with Gasteiger partial charge in [0.05, 0.1) is 11.5 Å². The van der Waals surface area contributed by atoms with Gasteiger partial charge in [0, 0.05) is 29.4 Å². The number of rotatable bonds is 5. The predicted octanol–water partition coefficient (Wildman–Crippen LogP) is 3.14. The van der Waals surface area contributed by atoms with E-state index in [2.05, 4.69) is 10.3 Å². The fourth-order valence-corrected chi connectivity index (χ4v) is 3.56. The number of hydrogen-bond donors (Lipinski definition) is 1. The van der Waals surface area contributed by atoms with Crippen molar-refractivity contribution in [1.82, 2.24) is 4.98 Å². The SMILES string of the molecule is Cc1cccc(NC2(C(C)c3ccccn3)C=CC=CC2C(=O)[O-])c1C. The minimum absolute atomic E-state index is 0.187. The monoisotopic (exact) mass is 347 g/mol. The summed E-state index contributed by atoms with van der Waals surface area (Å²) in [5.74, 6) is -2.11. The van der Waals surface area contributed by atoms with Gasteiger partial charge in [-0.2, -0.15) is 0 Å². The molecule has 0 bridgehead atoms. The molecule has 1 N–H and O–H groups in total. The number of benzene rings is 1. The number of aliphatic carboxylic acids is 1. The van der Waals surface area contributed by atoms with Crippen molar-refractivity contribution in [1.29, 1.82) is 0 Å². The molecule has 1 heterocycles. The van der Waals surface area contributed by atoms with Crippen LogP contribution >= 0.6 is 0 Å². The zero-order valence-corrected chi connectivity index (χ0v) is 15.3. The lowest BCUT2D eigenvalue weighted by Crippen LogP contribution is -2.55. The summed E-state index contributed by atoms with van der Waals surface area (Å²) in [6.07, 6.45) is 8.99. The van der Waals surface area contributed by atoms with Crippen LogP contribution in [0.5, 0.6) is 0 Å². The Morgan fingerprint density at radius 3 is 2.69 bits per heavy atom. The maximum Gasteiger partial charge on any atom is 0.0754 e. The minimum Gasteiger partial charge on any atom is -0.549 e. The summed E-state index contributed by atoms with van der Waals surface area (Å²) in [5, 5.41) is 15.5. The average molecular weight is 347 g/mol. The van der Waals surface area contributed by atoms with Gasteiger partial charge >= 0.3 is 0 Å². The van der Waals surface area contributed by atoms with Gasteiger partial charge < -0.3 is 15.2 Å². The number of anilines is 1. The summed E-state index contributed by atoms with van der Waals surface area (Å²) in [5.41, 5.74) is 3.12. The normalized spacial score (nSPS) is 22.8. The van der Waals surface area contributed by atoms with Crippen LogP contribution < -0.4 is 10.4 Å². The lowest BCUT2D eigenvalue weighted by atomic mass is 9.70. The molecule has 1 aromatic carbocycles. The van der Waals surface area contributed by atoms with Gasteiger partial charge in [-0.15, -0.1) is 0 Å². The van der Waals surface area contributed by atoms with Crippen LogP contribution in [-0.2, 0) is 4.79 Å². The van der Waals surface area contributed by atoms with Crippen LogP contribution in [0.2, 0.25) is 0 Å². The summed E-state index contributed by atoms with van der Waals surface area (Å²) in [4.78, 5) is 16.5. The summed E-state index contributed by atoms with van der Waals surface area (Å²) in [6.45, 7) is 6.08. The topological polar surface area (TPSA) is 65.0 Å². The summed E-state index contributed by atoms with van der Waals surface area (Å²) in [7, 11) is 0. The lowest BCUT2D eigenvalue weighted by molar-refractivity contribution is -0.311. The number of carbonyl (C=O) groups is 1. The first kappa shape index (κ1) is 17.9. The Hall–Kier alpha value is -2.88. The van der Waals surface area contributed by atoms with E-state index in [1.54, 1.807) is 18.3 Å². The number of carboxylic acids is 1. The molecule has 0 fully saturated rings. The van der Waals surface area contributed by atoms with Gasteiger partial charge in [-0.05, 0) is 43.2 Å². The Bertz CT molecular complexity index is 858. The molecule has 0 saturated heterocycles. The second-order valence-electron chi connectivity index (χ2n) is 6.82. The van der Waals surface area contributed by atoms with Crippen LogP contribution in [0.3, 0.4) is 0 Å². The van der Waals surface area contributed by atoms with Gasteiger partial charge in [-0.25, -0.2) is 0 Å². The van der Waals surface area contributed by atoms with Gasteiger partial charge in [0.1, 0.15) is 0 Å². The largest absolute Gasteiger partial charge is 0.549 e. The Morgan fingerprint density at radius 1 is 1.19 bits per heavy atom. The van der Waals surface area contributed by atoms with Crippen molar-refractivity contribution >= 4 is 11.7 Å². The third kappa shape index (κ3) is 3.15. The zero-order chi connectivity index (χ0) is 18.7. The molecule has 3 rings (SSSR count). The van der Waals surface area contributed by atoms with E-state index in [1.165, 1.54) is 0 Å². The summed E-state index contributed by atoms with van der Waals surface area (Å²) in [6, 6.07) is 11.7. The van der Waals surface area contributed by atoms with Gasteiger partial charge in [-0.1, -0.05) is 49.4 Å². The summed E-state index contributed by atoms with van der Waals surface area (Å²) >= 11 is 0. The molecule has 3 atom stereocenters. The van der Waals surface area contributed by atoms with E-state index < -0.39 is 17.4 Å². The molecule has 26 heavy (non-hydrogen) atoms. The molecule has 0 aliphatic heterocycles. The molecule has 1 aromatic heterocycles. The fourth-order valence-electron chi connectivity index (χ4n) is 3.56. The summed E-state index contributed by atoms with van der Waals surface area (Å²) < 4.78 is 0. The van der Waals surface area contributed by atoms with E-state index in [9.17, 15) is 9.90 Å². The smallest absolute Gasteiger partial charge is 0.0754 e. The third-order valence-corrected chi connectivity index (χ3v) is 5.36. The molecule has 1 aliphatic carbocycles. The van der Waals surface area contributed by atoms with E-state index in [1.807, 2.05) is 69.3 Å². The van der Waals surface area contributed by atoms with Crippen LogP contribution in [0.25, 0.3) is 0 Å². The van der Waals surface area contributed by atoms with E-state index in [-0.39, 0.29) is 5.92 Å². The highest BCUT2D eigenvalue weighted by atomic mass is 16.4. The second kappa shape index (κ2) is 7.16. The predicted molar refractivity (Wildman–Crippen MR) is 102 cm³/mol. The van der Waals surface area contributed by atoms with Gasteiger partial charge in [0.2, 0.25) is 0 Å². The number of carbonyl (C=O) groups excluding carboxylic acids is 1. The second-order valence-corrected chi connectivity index (χ2v) is 6.82.